The maximum atomic E-state index is 13.1. The van der Waals surface area contributed by atoms with Crippen LogP contribution in [0.1, 0.15) is 30.0 Å². The summed E-state index contributed by atoms with van der Waals surface area (Å²) >= 11 is 0.957. The lowest BCUT2D eigenvalue weighted by atomic mass is 10.0. The molecule has 6 heteroatoms. The molecule has 0 aromatic heterocycles. The van der Waals surface area contributed by atoms with Gasteiger partial charge in [0.25, 0.3) is 11.1 Å². The minimum absolute atomic E-state index is 0.199. The molecule has 33 heavy (non-hydrogen) atoms. The van der Waals surface area contributed by atoms with E-state index in [1.807, 2.05) is 75.4 Å². The number of benzene rings is 3. The molecule has 0 atom stereocenters. The number of imide groups is 1. The summed E-state index contributed by atoms with van der Waals surface area (Å²) in [6.45, 7) is 7.04. The largest absolute Gasteiger partial charge is 0.493 e. The summed E-state index contributed by atoms with van der Waals surface area (Å²) in [4.78, 5) is 27.3. The van der Waals surface area contributed by atoms with Gasteiger partial charge in [0.05, 0.1) is 18.1 Å². The van der Waals surface area contributed by atoms with Crippen molar-refractivity contribution in [3.63, 3.8) is 0 Å². The first-order valence-electron chi connectivity index (χ1n) is 11.1. The molecule has 0 bridgehead atoms. The third kappa shape index (κ3) is 5.06. The SMILES string of the molecule is CCCOc1ccc2ccccc2c1/C=C1\SC(=O)N(CCOc2cc(C)ccc2C)C1=O. The lowest BCUT2D eigenvalue weighted by Crippen LogP contribution is -2.32. The van der Waals surface area contributed by atoms with Crippen molar-refractivity contribution in [3.05, 3.63) is 76.2 Å². The topological polar surface area (TPSA) is 55.8 Å². The molecule has 5 nitrogen and oxygen atoms in total. The van der Waals surface area contributed by atoms with Crippen LogP contribution in [0.2, 0.25) is 0 Å². The van der Waals surface area contributed by atoms with E-state index in [1.54, 1.807) is 6.08 Å². The van der Waals surface area contributed by atoms with Crippen LogP contribution in [0.3, 0.4) is 0 Å². The molecule has 0 radical (unpaired) electrons. The van der Waals surface area contributed by atoms with Crippen LogP contribution in [0.15, 0.2) is 59.5 Å². The Labute approximate surface area is 198 Å². The van der Waals surface area contributed by atoms with Crippen molar-refractivity contribution in [1.82, 2.24) is 4.90 Å². The highest BCUT2D eigenvalue weighted by Gasteiger charge is 2.35. The fraction of sp³-hybridized carbons (Fsp3) is 0.259. The molecule has 170 valence electrons. The van der Waals surface area contributed by atoms with Gasteiger partial charge >= 0.3 is 0 Å². The van der Waals surface area contributed by atoms with Gasteiger partial charge in [0.2, 0.25) is 0 Å². The number of carbonyl (C=O) groups excluding carboxylic acids is 2. The van der Waals surface area contributed by atoms with E-state index < -0.39 is 0 Å². The van der Waals surface area contributed by atoms with E-state index >= 15 is 0 Å². The third-order valence-electron chi connectivity index (χ3n) is 5.46. The zero-order valence-corrected chi connectivity index (χ0v) is 19.9. The fourth-order valence-electron chi connectivity index (χ4n) is 3.70. The van der Waals surface area contributed by atoms with Gasteiger partial charge in [-0.25, -0.2) is 0 Å². The molecule has 0 saturated carbocycles. The van der Waals surface area contributed by atoms with Crippen molar-refractivity contribution >= 4 is 39.8 Å². The van der Waals surface area contributed by atoms with E-state index in [-0.39, 0.29) is 24.3 Å². The monoisotopic (exact) mass is 461 g/mol. The maximum Gasteiger partial charge on any atom is 0.293 e. The second kappa shape index (κ2) is 10.1. The number of hydrogen-bond acceptors (Lipinski definition) is 5. The molecule has 1 heterocycles. The number of rotatable bonds is 8. The Kier molecular flexibility index (Phi) is 7.04. The Morgan fingerprint density at radius 2 is 1.73 bits per heavy atom. The molecule has 0 aliphatic carbocycles. The number of aryl methyl sites for hydroxylation is 2. The van der Waals surface area contributed by atoms with Crippen molar-refractivity contribution < 1.29 is 19.1 Å². The number of carbonyl (C=O) groups is 2. The van der Waals surface area contributed by atoms with Crippen molar-refractivity contribution in [2.24, 2.45) is 0 Å². The summed E-state index contributed by atoms with van der Waals surface area (Å²) in [6, 6.07) is 17.9. The van der Waals surface area contributed by atoms with Crippen LogP contribution >= 0.6 is 11.8 Å². The number of nitrogens with zero attached hydrogens (tertiary/aromatic N) is 1. The van der Waals surface area contributed by atoms with Gasteiger partial charge in [-0.15, -0.1) is 0 Å². The minimum atomic E-state index is -0.302. The van der Waals surface area contributed by atoms with Crippen LogP contribution in [-0.4, -0.2) is 35.8 Å². The van der Waals surface area contributed by atoms with Crippen molar-refractivity contribution in [2.45, 2.75) is 27.2 Å². The lowest BCUT2D eigenvalue weighted by molar-refractivity contribution is -0.123. The van der Waals surface area contributed by atoms with Crippen LogP contribution in [0.4, 0.5) is 4.79 Å². The van der Waals surface area contributed by atoms with Gasteiger partial charge in [-0.2, -0.15) is 0 Å². The summed E-state index contributed by atoms with van der Waals surface area (Å²) < 4.78 is 11.8. The molecule has 1 aliphatic heterocycles. The summed E-state index contributed by atoms with van der Waals surface area (Å²) in [5, 5.41) is 1.75. The maximum absolute atomic E-state index is 13.1. The Balaban J connectivity index is 1.55. The fourth-order valence-corrected chi connectivity index (χ4v) is 4.54. The first kappa shape index (κ1) is 22.9. The van der Waals surface area contributed by atoms with E-state index in [4.69, 9.17) is 9.47 Å². The number of amides is 2. The van der Waals surface area contributed by atoms with Crippen molar-refractivity contribution in [3.8, 4) is 11.5 Å². The van der Waals surface area contributed by atoms with Gasteiger partial charge < -0.3 is 9.47 Å². The van der Waals surface area contributed by atoms with Gasteiger partial charge in [0.15, 0.2) is 0 Å². The number of thioether (sulfide) groups is 1. The minimum Gasteiger partial charge on any atom is -0.493 e. The molecule has 1 saturated heterocycles. The number of ether oxygens (including phenoxy) is 2. The Hall–Kier alpha value is -3.25. The molecule has 3 aromatic carbocycles. The van der Waals surface area contributed by atoms with Gasteiger partial charge in [0.1, 0.15) is 18.1 Å². The molecule has 3 aromatic rings. The Bertz CT molecular complexity index is 1230. The van der Waals surface area contributed by atoms with Crippen LogP contribution in [0, 0.1) is 13.8 Å². The number of fused-ring (bicyclic) bond motifs is 1. The predicted octanol–water partition coefficient (Wildman–Crippen LogP) is 6.36. The average molecular weight is 462 g/mol. The zero-order chi connectivity index (χ0) is 23.4. The van der Waals surface area contributed by atoms with Crippen LogP contribution < -0.4 is 9.47 Å². The Morgan fingerprint density at radius 1 is 0.939 bits per heavy atom. The molecule has 2 amide bonds. The molecule has 1 fully saturated rings. The second-order valence-corrected chi connectivity index (χ2v) is 8.99. The zero-order valence-electron chi connectivity index (χ0n) is 19.1. The first-order chi connectivity index (χ1) is 16.0. The van der Waals surface area contributed by atoms with E-state index in [2.05, 4.69) is 0 Å². The van der Waals surface area contributed by atoms with E-state index in [9.17, 15) is 9.59 Å². The summed E-state index contributed by atoms with van der Waals surface area (Å²) in [6.07, 6.45) is 2.66. The Morgan fingerprint density at radius 3 is 2.55 bits per heavy atom. The van der Waals surface area contributed by atoms with Crippen molar-refractivity contribution in [2.75, 3.05) is 19.8 Å². The number of hydrogen-bond donors (Lipinski definition) is 0. The normalized spacial score (nSPS) is 15.0. The summed E-state index contributed by atoms with van der Waals surface area (Å²) in [5.74, 6) is 1.18. The van der Waals surface area contributed by atoms with Crippen molar-refractivity contribution in [1.29, 1.82) is 0 Å². The molecular weight excluding hydrogens is 434 g/mol. The summed E-state index contributed by atoms with van der Waals surface area (Å²) in [5.41, 5.74) is 2.93. The van der Waals surface area contributed by atoms with Crippen LogP contribution in [0.5, 0.6) is 11.5 Å². The summed E-state index contributed by atoms with van der Waals surface area (Å²) in [7, 11) is 0. The predicted molar refractivity (Wildman–Crippen MR) is 134 cm³/mol. The van der Waals surface area contributed by atoms with Crippen LogP contribution in [-0.2, 0) is 4.79 Å². The third-order valence-corrected chi connectivity index (χ3v) is 6.36. The molecular formula is C27H27NO4S. The smallest absolute Gasteiger partial charge is 0.293 e. The molecule has 0 spiro atoms. The van der Waals surface area contributed by atoms with Gasteiger partial charge in [-0.05, 0) is 72.1 Å². The van der Waals surface area contributed by atoms with Gasteiger partial charge in [-0.1, -0.05) is 49.4 Å². The first-order valence-corrected chi connectivity index (χ1v) is 11.9. The van der Waals surface area contributed by atoms with Gasteiger partial charge in [-0.3, -0.25) is 14.5 Å². The van der Waals surface area contributed by atoms with E-state index in [1.165, 1.54) is 4.90 Å². The molecule has 0 N–H and O–H groups in total. The van der Waals surface area contributed by atoms with E-state index in [0.717, 1.165) is 51.4 Å². The average Bonchev–Trinajstić information content (AvgIpc) is 3.08. The standard InChI is InChI=1S/C27H27NO4S/c1-4-14-31-23-12-11-20-7-5-6-8-21(20)22(23)17-25-26(29)28(27(30)33-25)13-15-32-24-16-18(2)9-10-19(24)3/h5-12,16-17H,4,13-15H2,1-3H3/b25-17-. The highest BCUT2D eigenvalue weighted by molar-refractivity contribution is 8.18. The van der Waals surface area contributed by atoms with Crippen LogP contribution in [0.25, 0.3) is 16.8 Å². The molecule has 1 aliphatic rings. The quantitative estimate of drug-likeness (QED) is 0.365. The highest BCUT2D eigenvalue weighted by atomic mass is 32.2. The highest BCUT2D eigenvalue weighted by Crippen LogP contribution is 2.36. The lowest BCUT2D eigenvalue weighted by Gasteiger charge is -2.15. The van der Waals surface area contributed by atoms with E-state index in [0.29, 0.717) is 17.3 Å². The molecule has 0 unspecified atom stereocenters. The second-order valence-electron chi connectivity index (χ2n) is 8.00. The molecule has 4 rings (SSSR count). The van der Waals surface area contributed by atoms with Gasteiger partial charge in [0, 0.05) is 5.56 Å².